The van der Waals surface area contributed by atoms with E-state index in [1.807, 2.05) is 30.3 Å². The molecule has 1 aromatic heterocycles. The minimum Gasteiger partial charge on any atom is -0.496 e. The van der Waals surface area contributed by atoms with E-state index in [1.54, 1.807) is 7.11 Å². The second-order valence-electron chi connectivity index (χ2n) is 3.16. The standard InChI is InChI=1S/C11H9BrN2OS/c1-15-10-4-2-7(6-8(10)12)9-3-5-11(16)14-13-9/h2-6H,1H3,(H,14,16). The van der Waals surface area contributed by atoms with Gasteiger partial charge in [-0.15, -0.1) is 0 Å². The van der Waals surface area contributed by atoms with Crippen molar-refractivity contribution in [3.63, 3.8) is 0 Å². The summed E-state index contributed by atoms with van der Waals surface area (Å²) in [6, 6.07) is 9.49. The van der Waals surface area contributed by atoms with Crippen LogP contribution in [-0.4, -0.2) is 17.3 Å². The summed E-state index contributed by atoms with van der Waals surface area (Å²) in [6.45, 7) is 0. The average Bonchev–Trinajstić information content (AvgIpc) is 2.30. The predicted octanol–water partition coefficient (Wildman–Crippen LogP) is 3.58. The molecule has 0 amide bonds. The molecule has 1 N–H and O–H groups in total. The van der Waals surface area contributed by atoms with Gasteiger partial charge in [0.1, 0.15) is 10.4 Å². The van der Waals surface area contributed by atoms with Gasteiger partial charge in [-0.25, -0.2) is 0 Å². The van der Waals surface area contributed by atoms with Gasteiger partial charge in [-0.2, -0.15) is 5.10 Å². The van der Waals surface area contributed by atoms with Crippen molar-refractivity contribution in [2.75, 3.05) is 7.11 Å². The van der Waals surface area contributed by atoms with Gasteiger partial charge in [0, 0.05) is 5.56 Å². The summed E-state index contributed by atoms with van der Waals surface area (Å²) >= 11 is 8.38. The van der Waals surface area contributed by atoms with E-state index in [2.05, 4.69) is 26.1 Å². The van der Waals surface area contributed by atoms with Crippen LogP contribution in [0.15, 0.2) is 34.8 Å². The van der Waals surface area contributed by atoms with E-state index in [1.165, 1.54) is 0 Å². The molecule has 0 saturated carbocycles. The first-order valence-corrected chi connectivity index (χ1v) is 5.80. The van der Waals surface area contributed by atoms with Crippen molar-refractivity contribution in [1.29, 1.82) is 0 Å². The highest BCUT2D eigenvalue weighted by atomic mass is 79.9. The summed E-state index contributed by atoms with van der Waals surface area (Å²) in [4.78, 5) is 0. The molecule has 5 heteroatoms. The van der Waals surface area contributed by atoms with Crippen molar-refractivity contribution < 1.29 is 4.74 Å². The van der Waals surface area contributed by atoms with E-state index < -0.39 is 0 Å². The van der Waals surface area contributed by atoms with Crippen molar-refractivity contribution in [2.24, 2.45) is 0 Å². The third kappa shape index (κ3) is 2.31. The molecule has 0 aliphatic rings. The number of nitrogens with one attached hydrogen (secondary N) is 1. The maximum atomic E-state index is 5.16. The fourth-order valence-electron chi connectivity index (χ4n) is 1.33. The highest BCUT2D eigenvalue weighted by molar-refractivity contribution is 9.10. The van der Waals surface area contributed by atoms with Crippen LogP contribution >= 0.6 is 28.1 Å². The Bertz CT molecular complexity index is 548. The summed E-state index contributed by atoms with van der Waals surface area (Å²) in [5.74, 6) is 0.799. The molecule has 0 saturated heterocycles. The van der Waals surface area contributed by atoms with E-state index in [4.69, 9.17) is 17.0 Å². The Labute approximate surface area is 107 Å². The monoisotopic (exact) mass is 296 g/mol. The highest BCUT2D eigenvalue weighted by Gasteiger charge is 2.04. The third-order valence-electron chi connectivity index (χ3n) is 2.13. The summed E-state index contributed by atoms with van der Waals surface area (Å²) in [7, 11) is 1.64. The fourth-order valence-corrected chi connectivity index (χ4v) is 1.99. The molecule has 0 aliphatic carbocycles. The lowest BCUT2D eigenvalue weighted by molar-refractivity contribution is 0.412. The third-order valence-corrected chi connectivity index (χ3v) is 2.97. The van der Waals surface area contributed by atoms with Crippen molar-refractivity contribution in [2.45, 2.75) is 0 Å². The summed E-state index contributed by atoms with van der Waals surface area (Å²) in [5, 5.41) is 6.92. The Morgan fingerprint density at radius 2 is 2.12 bits per heavy atom. The van der Waals surface area contributed by atoms with Crippen LogP contribution in [0.25, 0.3) is 11.3 Å². The van der Waals surface area contributed by atoms with Gasteiger partial charge in [0.25, 0.3) is 0 Å². The molecule has 0 radical (unpaired) electrons. The predicted molar refractivity (Wildman–Crippen MR) is 69.1 cm³/mol. The van der Waals surface area contributed by atoms with Gasteiger partial charge in [-0.3, -0.25) is 5.10 Å². The van der Waals surface area contributed by atoms with Crippen LogP contribution in [-0.2, 0) is 0 Å². The number of ether oxygens (including phenoxy) is 1. The highest BCUT2D eigenvalue weighted by Crippen LogP contribution is 2.29. The molecule has 0 aliphatic heterocycles. The number of rotatable bonds is 2. The van der Waals surface area contributed by atoms with Gasteiger partial charge in [-0.1, -0.05) is 12.2 Å². The van der Waals surface area contributed by atoms with Crippen LogP contribution in [0, 0.1) is 4.64 Å². The number of hydrogen-bond acceptors (Lipinski definition) is 3. The zero-order valence-electron chi connectivity index (χ0n) is 8.53. The fraction of sp³-hybridized carbons (Fsp3) is 0.0909. The number of nitrogens with zero attached hydrogens (tertiary/aromatic N) is 1. The van der Waals surface area contributed by atoms with Crippen molar-refractivity contribution in [3.8, 4) is 17.0 Å². The second kappa shape index (κ2) is 4.76. The van der Waals surface area contributed by atoms with Crippen molar-refractivity contribution >= 4 is 28.1 Å². The molecule has 3 nitrogen and oxygen atoms in total. The van der Waals surface area contributed by atoms with E-state index in [0.29, 0.717) is 4.64 Å². The Hall–Kier alpha value is -1.20. The molecule has 0 spiro atoms. The number of aromatic amines is 1. The second-order valence-corrected chi connectivity index (χ2v) is 4.45. The molecule has 2 aromatic rings. The summed E-state index contributed by atoms with van der Waals surface area (Å²) in [5.41, 5.74) is 1.84. The van der Waals surface area contributed by atoms with E-state index in [-0.39, 0.29) is 0 Å². The van der Waals surface area contributed by atoms with Gasteiger partial charge in [0.2, 0.25) is 0 Å². The minimum atomic E-state index is 0.622. The maximum absolute atomic E-state index is 5.16. The number of aromatic nitrogens is 2. The van der Waals surface area contributed by atoms with Crippen molar-refractivity contribution in [1.82, 2.24) is 10.2 Å². The van der Waals surface area contributed by atoms with E-state index in [0.717, 1.165) is 21.5 Å². The topological polar surface area (TPSA) is 37.9 Å². The molecule has 0 bridgehead atoms. The number of benzene rings is 1. The first kappa shape index (κ1) is 11.3. The first-order chi connectivity index (χ1) is 7.70. The molecule has 1 heterocycles. The molecule has 0 unspecified atom stereocenters. The normalized spacial score (nSPS) is 10.1. The van der Waals surface area contributed by atoms with Crippen LogP contribution in [0.4, 0.5) is 0 Å². The SMILES string of the molecule is COc1ccc(-c2ccc(=S)[nH]n2)cc1Br. The molecule has 2 rings (SSSR count). The van der Waals surface area contributed by atoms with E-state index >= 15 is 0 Å². The zero-order chi connectivity index (χ0) is 11.5. The van der Waals surface area contributed by atoms with Crippen LogP contribution in [0.3, 0.4) is 0 Å². The van der Waals surface area contributed by atoms with Crippen LogP contribution in [0.2, 0.25) is 0 Å². The number of methoxy groups -OCH3 is 1. The lowest BCUT2D eigenvalue weighted by Gasteiger charge is -2.05. The molecule has 1 aromatic carbocycles. The van der Waals surface area contributed by atoms with E-state index in [9.17, 15) is 0 Å². The van der Waals surface area contributed by atoms with Crippen molar-refractivity contribution in [3.05, 3.63) is 39.4 Å². The smallest absolute Gasteiger partial charge is 0.133 e. The van der Waals surface area contributed by atoms with Crippen LogP contribution in [0.5, 0.6) is 5.75 Å². The van der Waals surface area contributed by atoms with Gasteiger partial charge in [-0.05, 0) is 46.3 Å². The van der Waals surface area contributed by atoms with Crippen LogP contribution in [0.1, 0.15) is 0 Å². The Morgan fingerprint density at radius 3 is 2.69 bits per heavy atom. The van der Waals surface area contributed by atoms with Gasteiger partial charge in [0.05, 0.1) is 17.3 Å². The summed E-state index contributed by atoms with van der Waals surface area (Å²) < 4.78 is 6.68. The average molecular weight is 297 g/mol. The van der Waals surface area contributed by atoms with Gasteiger partial charge < -0.3 is 4.74 Å². The molecular weight excluding hydrogens is 288 g/mol. The number of halogens is 1. The van der Waals surface area contributed by atoms with Gasteiger partial charge in [0.15, 0.2) is 0 Å². The number of H-pyrrole nitrogens is 1. The lowest BCUT2D eigenvalue weighted by Crippen LogP contribution is -1.89. The lowest BCUT2D eigenvalue weighted by atomic mass is 10.1. The quantitative estimate of drug-likeness (QED) is 0.861. The molecule has 16 heavy (non-hydrogen) atoms. The summed E-state index contributed by atoms with van der Waals surface area (Å²) in [6.07, 6.45) is 0. The van der Waals surface area contributed by atoms with Crippen LogP contribution < -0.4 is 4.74 Å². The Balaban J connectivity index is 2.45. The molecule has 0 fully saturated rings. The van der Waals surface area contributed by atoms with Gasteiger partial charge >= 0.3 is 0 Å². The molecule has 0 atom stereocenters. The largest absolute Gasteiger partial charge is 0.496 e. The maximum Gasteiger partial charge on any atom is 0.133 e. The molecule has 82 valence electrons. The zero-order valence-corrected chi connectivity index (χ0v) is 10.9. The molecular formula is C11H9BrN2OS. The first-order valence-electron chi connectivity index (χ1n) is 4.60. The number of hydrogen-bond donors (Lipinski definition) is 1. The Kier molecular flexibility index (Phi) is 3.36. The minimum absolute atomic E-state index is 0.622. The Morgan fingerprint density at radius 1 is 1.31 bits per heavy atom.